The first kappa shape index (κ1) is 22.9. The third kappa shape index (κ3) is 6.14. The van der Waals surface area contributed by atoms with E-state index in [4.69, 9.17) is 4.74 Å². The van der Waals surface area contributed by atoms with E-state index in [1.54, 1.807) is 0 Å². The number of halogens is 3. The number of nitrogens with zero attached hydrogens (tertiary/aromatic N) is 1. The second-order valence-electron chi connectivity index (χ2n) is 6.45. The molecule has 0 fully saturated rings. The van der Waals surface area contributed by atoms with Crippen LogP contribution in [-0.4, -0.2) is 29.4 Å². The fraction of sp³-hybridized carbons (Fsp3) is 0.143. The van der Waals surface area contributed by atoms with E-state index in [0.717, 1.165) is 29.3 Å². The van der Waals surface area contributed by atoms with Crippen molar-refractivity contribution in [1.29, 1.82) is 0 Å². The number of aromatic nitrogens is 1. The van der Waals surface area contributed by atoms with Crippen molar-refractivity contribution in [3.8, 4) is 0 Å². The van der Waals surface area contributed by atoms with Crippen LogP contribution in [0.2, 0.25) is 0 Å². The quantitative estimate of drug-likeness (QED) is 0.415. The molecule has 7 nitrogen and oxygen atoms in total. The van der Waals surface area contributed by atoms with Gasteiger partial charge in [-0.25, -0.2) is 9.78 Å². The zero-order valence-corrected chi connectivity index (χ0v) is 17.3. The SMILES string of the molecule is CC(=O)Nc1ccc(NC(=O)COC(=O)/C=C/c2nc3ccccc3s2)c(C(F)(F)F)c1. The Morgan fingerprint density at radius 3 is 2.56 bits per heavy atom. The molecule has 0 atom stereocenters. The van der Waals surface area contributed by atoms with Gasteiger partial charge in [-0.15, -0.1) is 11.3 Å². The first-order valence-corrected chi connectivity index (χ1v) is 9.92. The Morgan fingerprint density at radius 1 is 1.12 bits per heavy atom. The third-order valence-electron chi connectivity index (χ3n) is 3.94. The summed E-state index contributed by atoms with van der Waals surface area (Å²) in [5.41, 5.74) is -0.985. The Balaban J connectivity index is 1.60. The van der Waals surface area contributed by atoms with Gasteiger partial charge in [-0.3, -0.25) is 9.59 Å². The highest BCUT2D eigenvalue weighted by Crippen LogP contribution is 2.36. The van der Waals surface area contributed by atoms with Gasteiger partial charge in [0.2, 0.25) is 5.91 Å². The van der Waals surface area contributed by atoms with Crippen LogP contribution in [-0.2, 0) is 25.3 Å². The Labute approximate surface area is 183 Å². The van der Waals surface area contributed by atoms with Crippen molar-refractivity contribution < 1.29 is 32.3 Å². The summed E-state index contributed by atoms with van der Waals surface area (Å²) < 4.78 is 45.6. The Kier molecular flexibility index (Phi) is 6.89. The van der Waals surface area contributed by atoms with Crippen LogP contribution in [0.1, 0.15) is 17.5 Å². The maximum atomic E-state index is 13.3. The number of alkyl halides is 3. The van der Waals surface area contributed by atoms with Gasteiger partial charge < -0.3 is 15.4 Å². The molecule has 1 aromatic heterocycles. The van der Waals surface area contributed by atoms with Crippen molar-refractivity contribution >= 4 is 56.8 Å². The molecule has 0 radical (unpaired) electrons. The minimum atomic E-state index is -4.78. The Morgan fingerprint density at radius 2 is 1.88 bits per heavy atom. The molecular weight excluding hydrogens is 447 g/mol. The molecule has 0 spiro atoms. The molecule has 11 heteroatoms. The van der Waals surface area contributed by atoms with Crippen LogP contribution in [0.4, 0.5) is 24.5 Å². The number of carbonyl (C=O) groups is 3. The predicted molar refractivity (Wildman–Crippen MR) is 114 cm³/mol. The summed E-state index contributed by atoms with van der Waals surface area (Å²) in [6.07, 6.45) is -2.28. The molecule has 0 saturated carbocycles. The molecule has 0 aliphatic carbocycles. The van der Waals surface area contributed by atoms with Crippen molar-refractivity contribution in [1.82, 2.24) is 4.98 Å². The smallest absolute Gasteiger partial charge is 0.418 e. The second kappa shape index (κ2) is 9.60. The first-order chi connectivity index (χ1) is 15.1. The minimum absolute atomic E-state index is 0.0748. The normalized spacial score (nSPS) is 11.5. The number of esters is 1. The minimum Gasteiger partial charge on any atom is -0.452 e. The lowest BCUT2D eigenvalue weighted by Gasteiger charge is -2.15. The molecule has 2 aromatic carbocycles. The van der Waals surface area contributed by atoms with E-state index >= 15 is 0 Å². The number of amides is 2. The molecule has 0 aliphatic rings. The Bertz CT molecular complexity index is 1170. The van der Waals surface area contributed by atoms with Gasteiger partial charge in [-0.2, -0.15) is 13.2 Å². The van der Waals surface area contributed by atoms with Gasteiger partial charge in [-0.1, -0.05) is 12.1 Å². The average molecular weight is 463 g/mol. The number of nitrogens with one attached hydrogen (secondary N) is 2. The van der Waals surface area contributed by atoms with Crippen LogP contribution < -0.4 is 10.6 Å². The summed E-state index contributed by atoms with van der Waals surface area (Å²) in [5.74, 6) is -2.35. The molecule has 1 heterocycles. The van der Waals surface area contributed by atoms with Crippen LogP contribution >= 0.6 is 11.3 Å². The van der Waals surface area contributed by atoms with Crippen LogP contribution in [0, 0.1) is 0 Å². The lowest BCUT2D eigenvalue weighted by molar-refractivity contribution is -0.142. The zero-order valence-electron chi connectivity index (χ0n) is 16.5. The molecule has 0 aliphatic heterocycles. The van der Waals surface area contributed by atoms with E-state index in [9.17, 15) is 27.6 Å². The summed E-state index contributed by atoms with van der Waals surface area (Å²) >= 11 is 1.36. The average Bonchev–Trinajstić information content (AvgIpc) is 3.14. The summed E-state index contributed by atoms with van der Waals surface area (Å²) in [4.78, 5) is 39.2. The standard InChI is InChI=1S/C21H16F3N3O4S/c1-12(28)25-13-6-7-15(14(10-13)21(22,23)24)26-18(29)11-31-20(30)9-8-19-27-16-4-2-3-5-17(16)32-19/h2-10H,11H2,1H3,(H,25,28)(H,26,29)/b9-8+. The van der Waals surface area contributed by atoms with Gasteiger partial charge in [0.1, 0.15) is 5.01 Å². The van der Waals surface area contributed by atoms with E-state index in [2.05, 4.69) is 15.6 Å². The van der Waals surface area contributed by atoms with Gasteiger partial charge in [-0.05, 0) is 36.4 Å². The van der Waals surface area contributed by atoms with Crippen LogP contribution in [0.25, 0.3) is 16.3 Å². The first-order valence-electron chi connectivity index (χ1n) is 9.11. The number of anilines is 2. The maximum Gasteiger partial charge on any atom is 0.418 e. The summed E-state index contributed by atoms with van der Waals surface area (Å²) in [5, 5.41) is 4.86. The van der Waals surface area contributed by atoms with Crippen LogP contribution in [0.3, 0.4) is 0 Å². The van der Waals surface area contributed by atoms with Crippen LogP contribution in [0.5, 0.6) is 0 Å². The highest BCUT2D eigenvalue weighted by atomic mass is 32.1. The van der Waals surface area contributed by atoms with Crippen molar-refractivity contribution in [2.45, 2.75) is 13.1 Å². The van der Waals surface area contributed by atoms with Gasteiger partial charge in [0, 0.05) is 18.7 Å². The second-order valence-corrected chi connectivity index (χ2v) is 7.51. The van der Waals surface area contributed by atoms with Gasteiger partial charge >= 0.3 is 12.1 Å². The van der Waals surface area contributed by atoms with Crippen molar-refractivity contribution in [2.24, 2.45) is 0 Å². The monoisotopic (exact) mass is 463 g/mol. The maximum absolute atomic E-state index is 13.3. The van der Waals surface area contributed by atoms with Crippen molar-refractivity contribution in [2.75, 3.05) is 17.2 Å². The number of fused-ring (bicyclic) bond motifs is 1. The molecule has 2 amide bonds. The fourth-order valence-corrected chi connectivity index (χ4v) is 3.51. The van der Waals surface area contributed by atoms with E-state index in [0.29, 0.717) is 11.1 Å². The lowest BCUT2D eigenvalue weighted by atomic mass is 10.1. The highest BCUT2D eigenvalue weighted by Gasteiger charge is 2.34. The number of ether oxygens (including phenoxy) is 1. The molecule has 0 unspecified atom stereocenters. The molecule has 3 rings (SSSR count). The topological polar surface area (TPSA) is 97.4 Å². The number of thiazole rings is 1. The summed E-state index contributed by atoms with van der Waals surface area (Å²) in [6, 6.07) is 10.3. The highest BCUT2D eigenvalue weighted by molar-refractivity contribution is 7.19. The predicted octanol–water partition coefficient (Wildman–Crippen LogP) is 4.47. The van der Waals surface area contributed by atoms with E-state index in [-0.39, 0.29) is 5.69 Å². The largest absolute Gasteiger partial charge is 0.452 e. The molecule has 0 bridgehead atoms. The third-order valence-corrected chi connectivity index (χ3v) is 4.94. The van der Waals surface area contributed by atoms with Crippen molar-refractivity contribution in [3.63, 3.8) is 0 Å². The molecule has 2 N–H and O–H groups in total. The van der Waals surface area contributed by atoms with E-state index < -0.39 is 41.8 Å². The molecule has 0 saturated heterocycles. The number of hydrogen-bond acceptors (Lipinski definition) is 6. The van der Waals surface area contributed by atoms with E-state index in [1.165, 1.54) is 23.5 Å². The Hall–Kier alpha value is -3.73. The summed E-state index contributed by atoms with van der Waals surface area (Å²) in [7, 11) is 0. The lowest BCUT2D eigenvalue weighted by Crippen LogP contribution is -2.22. The van der Waals surface area contributed by atoms with Gasteiger partial charge in [0.25, 0.3) is 5.91 Å². The molecule has 166 valence electrons. The number of carbonyl (C=O) groups excluding carboxylic acids is 3. The van der Waals surface area contributed by atoms with Gasteiger partial charge in [0.05, 0.1) is 21.5 Å². The number of benzene rings is 2. The van der Waals surface area contributed by atoms with Crippen molar-refractivity contribution in [3.05, 3.63) is 59.1 Å². The molecule has 3 aromatic rings. The summed E-state index contributed by atoms with van der Waals surface area (Å²) in [6.45, 7) is 0.371. The van der Waals surface area contributed by atoms with Crippen LogP contribution in [0.15, 0.2) is 48.5 Å². The van der Waals surface area contributed by atoms with E-state index in [1.807, 2.05) is 24.3 Å². The molecule has 32 heavy (non-hydrogen) atoms. The van der Waals surface area contributed by atoms with Gasteiger partial charge in [0.15, 0.2) is 6.61 Å². The molecular formula is C21H16F3N3O4S. The number of para-hydroxylation sites is 1. The fourth-order valence-electron chi connectivity index (χ4n) is 2.64. The number of hydrogen-bond donors (Lipinski definition) is 2. The number of rotatable bonds is 6. The zero-order chi connectivity index (χ0) is 23.3.